The van der Waals surface area contributed by atoms with E-state index in [2.05, 4.69) is 20.9 Å². The van der Waals surface area contributed by atoms with Crippen molar-refractivity contribution >= 4 is 27.6 Å². The maximum absolute atomic E-state index is 10.4. The van der Waals surface area contributed by atoms with Gasteiger partial charge < -0.3 is 10.8 Å². The summed E-state index contributed by atoms with van der Waals surface area (Å²) in [6, 6.07) is 1.35. The maximum Gasteiger partial charge on any atom is 0.337 e. The fourth-order valence-electron chi connectivity index (χ4n) is 0.582. The van der Waals surface area contributed by atoms with Crippen molar-refractivity contribution in [1.82, 2.24) is 4.98 Å². The minimum atomic E-state index is -1.03. The van der Waals surface area contributed by atoms with Gasteiger partial charge in [-0.3, -0.25) is 0 Å². The van der Waals surface area contributed by atoms with Crippen LogP contribution in [-0.4, -0.2) is 16.1 Å². The monoisotopic (exact) mass is 216 g/mol. The number of aromatic nitrogens is 1. The van der Waals surface area contributed by atoms with E-state index in [-0.39, 0.29) is 5.56 Å². The summed E-state index contributed by atoms with van der Waals surface area (Å²) >= 11 is 3.05. The van der Waals surface area contributed by atoms with Crippen molar-refractivity contribution < 1.29 is 9.90 Å². The summed E-state index contributed by atoms with van der Waals surface area (Å²) in [5.74, 6) is -1.03. The van der Waals surface area contributed by atoms with Crippen LogP contribution in [0.15, 0.2) is 16.9 Å². The molecular weight excluding hydrogens is 212 g/mol. The Hall–Kier alpha value is -1.10. The molecule has 4 nitrogen and oxygen atoms in total. The highest BCUT2D eigenvalue weighted by Gasteiger charge is 2.04. The first-order valence-electron chi connectivity index (χ1n) is 2.75. The first kappa shape index (κ1) is 8.00. The molecule has 0 radical (unpaired) electrons. The zero-order valence-electron chi connectivity index (χ0n) is 5.41. The van der Waals surface area contributed by atoms with E-state index in [9.17, 15) is 4.79 Å². The number of nitrogen functional groups attached to an aromatic ring is 1. The lowest BCUT2D eigenvalue weighted by atomic mass is 10.3. The number of halogens is 1. The Morgan fingerprint density at radius 3 is 2.82 bits per heavy atom. The van der Waals surface area contributed by atoms with Gasteiger partial charge in [0.05, 0.1) is 11.3 Å². The zero-order valence-corrected chi connectivity index (χ0v) is 7.00. The fraction of sp³-hybridized carbons (Fsp3) is 0. The van der Waals surface area contributed by atoms with Gasteiger partial charge in [-0.05, 0) is 22.0 Å². The van der Waals surface area contributed by atoms with Gasteiger partial charge in [-0.2, -0.15) is 0 Å². The van der Waals surface area contributed by atoms with Gasteiger partial charge in [0.25, 0.3) is 0 Å². The maximum atomic E-state index is 10.4. The van der Waals surface area contributed by atoms with Gasteiger partial charge in [0, 0.05) is 6.20 Å². The number of carboxylic acid groups (broad SMARTS) is 1. The average molecular weight is 217 g/mol. The minimum absolute atomic E-state index is 0.0886. The first-order chi connectivity index (χ1) is 5.11. The summed E-state index contributed by atoms with van der Waals surface area (Å²) in [5.41, 5.74) is 5.80. The van der Waals surface area contributed by atoms with Crippen LogP contribution in [0.2, 0.25) is 0 Å². The van der Waals surface area contributed by atoms with Gasteiger partial charge in [-0.1, -0.05) is 0 Å². The summed E-state index contributed by atoms with van der Waals surface area (Å²) < 4.78 is 0.461. The molecule has 11 heavy (non-hydrogen) atoms. The van der Waals surface area contributed by atoms with Gasteiger partial charge in [0.2, 0.25) is 0 Å². The zero-order chi connectivity index (χ0) is 8.43. The van der Waals surface area contributed by atoms with E-state index in [1.165, 1.54) is 12.3 Å². The van der Waals surface area contributed by atoms with E-state index in [1.54, 1.807) is 0 Å². The highest BCUT2D eigenvalue weighted by molar-refractivity contribution is 9.10. The first-order valence-corrected chi connectivity index (χ1v) is 3.55. The van der Waals surface area contributed by atoms with Crippen molar-refractivity contribution in [2.75, 3.05) is 5.73 Å². The van der Waals surface area contributed by atoms with Crippen LogP contribution in [-0.2, 0) is 0 Å². The lowest BCUT2D eigenvalue weighted by molar-refractivity contribution is 0.0696. The van der Waals surface area contributed by atoms with E-state index >= 15 is 0 Å². The van der Waals surface area contributed by atoms with Crippen LogP contribution >= 0.6 is 15.9 Å². The largest absolute Gasteiger partial charge is 0.478 e. The molecule has 1 aromatic heterocycles. The second-order valence-corrected chi connectivity index (χ2v) is 2.66. The predicted molar refractivity (Wildman–Crippen MR) is 43.3 cm³/mol. The average Bonchev–Trinajstić information content (AvgIpc) is 1.94. The highest BCUT2D eigenvalue weighted by atomic mass is 79.9. The van der Waals surface area contributed by atoms with Crippen LogP contribution in [0.5, 0.6) is 0 Å². The molecule has 5 heteroatoms. The van der Waals surface area contributed by atoms with Crippen molar-refractivity contribution in [2.45, 2.75) is 0 Å². The van der Waals surface area contributed by atoms with Crippen molar-refractivity contribution in [1.29, 1.82) is 0 Å². The Kier molecular flexibility index (Phi) is 2.09. The highest BCUT2D eigenvalue weighted by Crippen LogP contribution is 2.16. The number of anilines is 1. The molecule has 1 aromatic rings. The molecule has 0 aliphatic rings. The Bertz CT molecular complexity index is 301. The number of hydrogen-bond donors (Lipinski definition) is 2. The van der Waals surface area contributed by atoms with E-state index < -0.39 is 5.97 Å². The molecule has 0 aliphatic heterocycles. The van der Waals surface area contributed by atoms with Crippen molar-refractivity contribution in [3.05, 3.63) is 22.4 Å². The van der Waals surface area contributed by atoms with Crippen molar-refractivity contribution in [3.63, 3.8) is 0 Å². The molecule has 58 valence electrons. The Balaban J connectivity index is 3.15. The molecule has 3 N–H and O–H groups in total. The normalized spacial score (nSPS) is 9.55. The summed E-state index contributed by atoms with van der Waals surface area (Å²) in [7, 11) is 0. The van der Waals surface area contributed by atoms with Gasteiger partial charge >= 0.3 is 5.97 Å². The van der Waals surface area contributed by atoms with Gasteiger partial charge in [-0.15, -0.1) is 0 Å². The van der Waals surface area contributed by atoms with Crippen LogP contribution in [0.1, 0.15) is 10.4 Å². The summed E-state index contributed by atoms with van der Waals surface area (Å²) in [6.45, 7) is 0. The molecule has 0 unspecified atom stereocenters. The number of nitrogens with two attached hydrogens (primary N) is 1. The van der Waals surface area contributed by atoms with Crippen LogP contribution in [0.4, 0.5) is 5.69 Å². The van der Waals surface area contributed by atoms with E-state index in [0.717, 1.165) is 0 Å². The van der Waals surface area contributed by atoms with Gasteiger partial charge in [-0.25, -0.2) is 9.78 Å². The Morgan fingerprint density at radius 1 is 1.73 bits per heavy atom. The molecule has 1 heterocycles. The quantitative estimate of drug-likeness (QED) is 0.691. The van der Waals surface area contributed by atoms with E-state index in [0.29, 0.717) is 10.3 Å². The number of pyridine rings is 1. The standard InChI is InChI=1S/C6H5BrN2O2/c7-5-4(8)1-3(2-9-5)6(10)11/h1-2H,8H2,(H,10,11). The number of nitrogens with zero attached hydrogens (tertiary/aromatic N) is 1. The topological polar surface area (TPSA) is 76.2 Å². The molecule has 0 atom stereocenters. The number of hydrogen-bond acceptors (Lipinski definition) is 3. The fourth-order valence-corrected chi connectivity index (χ4v) is 0.799. The second-order valence-electron chi connectivity index (χ2n) is 1.91. The van der Waals surface area contributed by atoms with Crippen LogP contribution in [0.25, 0.3) is 0 Å². The van der Waals surface area contributed by atoms with Gasteiger partial charge in [0.15, 0.2) is 0 Å². The van der Waals surface area contributed by atoms with E-state index in [1.807, 2.05) is 0 Å². The SMILES string of the molecule is Nc1cc(C(=O)O)cnc1Br. The third-order valence-electron chi connectivity index (χ3n) is 1.11. The third-order valence-corrected chi connectivity index (χ3v) is 1.78. The Labute approximate surface area is 71.2 Å². The molecule has 0 fully saturated rings. The van der Waals surface area contributed by atoms with Crippen LogP contribution < -0.4 is 5.73 Å². The van der Waals surface area contributed by atoms with Crippen LogP contribution in [0.3, 0.4) is 0 Å². The summed E-state index contributed by atoms with van der Waals surface area (Å²) in [5, 5.41) is 8.49. The van der Waals surface area contributed by atoms with Gasteiger partial charge in [0.1, 0.15) is 4.60 Å². The predicted octanol–water partition coefficient (Wildman–Crippen LogP) is 1.12. The lowest BCUT2D eigenvalue weighted by Crippen LogP contribution is -1.99. The second kappa shape index (κ2) is 2.87. The number of carbonyl (C=O) groups is 1. The Morgan fingerprint density at radius 2 is 2.36 bits per heavy atom. The van der Waals surface area contributed by atoms with E-state index in [4.69, 9.17) is 10.8 Å². The molecule has 0 aliphatic carbocycles. The lowest BCUT2D eigenvalue weighted by Gasteiger charge is -1.97. The third kappa shape index (κ3) is 1.68. The van der Waals surface area contributed by atoms with Crippen LogP contribution in [0, 0.1) is 0 Å². The summed E-state index contributed by atoms with van der Waals surface area (Å²) in [4.78, 5) is 14.1. The molecular formula is C6H5BrN2O2. The molecule has 0 saturated heterocycles. The number of rotatable bonds is 1. The number of carboxylic acids is 1. The number of aromatic carboxylic acids is 1. The summed E-state index contributed by atoms with van der Waals surface area (Å²) in [6.07, 6.45) is 1.24. The van der Waals surface area contributed by atoms with Crippen molar-refractivity contribution in [2.24, 2.45) is 0 Å². The van der Waals surface area contributed by atoms with Crippen molar-refractivity contribution in [3.8, 4) is 0 Å². The molecule has 0 aromatic carbocycles. The molecule has 0 amide bonds. The minimum Gasteiger partial charge on any atom is -0.478 e. The molecule has 1 rings (SSSR count). The molecule has 0 bridgehead atoms. The smallest absolute Gasteiger partial charge is 0.337 e. The molecule has 0 saturated carbocycles. The molecule has 0 spiro atoms.